The maximum absolute atomic E-state index is 6.55. The molecule has 40 heavy (non-hydrogen) atoms. The summed E-state index contributed by atoms with van der Waals surface area (Å²) in [7, 11) is -2.22. The fourth-order valence-corrected chi connectivity index (χ4v) is 7.17. The second-order valence-electron chi connectivity index (χ2n) is 15.5. The van der Waals surface area contributed by atoms with Crippen LogP contribution in [0.5, 0.6) is 0 Å². The van der Waals surface area contributed by atoms with Gasteiger partial charge in [0.15, 0.2) is 8.32 Å². The predicted molar refractivity (Wildman–Crippen MR) is 186 cm³/mol. The summed E-state index contributed by atoms with van der Waals surface area (Å²) in [5, 5.41) is 0.761. The van der Waals surface area contributed by atoms with Crippen LogP contribution in [-0.2, 0) is 9.16 Å². The summed E-state index contributed by atoms with van der Waals surface area (Å²) in [4.78, 5) is 0. The molecule has 0 aromatic carbocycles. The Hall–Kier alpha value is -0.166. The van der Waals surface area contributed by atoms with Gasteiger partial charge in [-0.05, 0) is 99.2 Å². The fraction of sp³-hybridized carbons (Fsp3) is 0.889. The van der Waals surface area contributed by atoms with Crippen LogP contribution in [0.15, 0.2) is 24.3 Å². The Kier molecular flexibility index (Phi) is 18.2. The number of hydrogen-bond acceptors (Lipinski definition) is 2. The topological polar surface area (TPSA) is 18.5 Å². The average molecular weight is 593 g/mol. The molecular weight excluding hydrogens is 521 g/mol. The van der Waals surface area contributed by atoms with Gasteiger partial charge in [0.2, 0.25) is 0 Å². The van der Waals surface area contributed by atoms with Gasteiger partial charge in [-0.1, -0.05) is 112 Å². The van der Waals surface area contributed by atoms with Crippen molar-refractivity contribution in [2.45, 2.75) is 187 Å². The zero-order chi connectivity index (χ0) is 30.2. The van der Waals surface area contributed by atoms with Crippen LogP contribution in [0.25, 0.3) is 0 Å². The highest BCUT2D eigenvalue weighted by Crippen LogP contribution is 2.38. The number of rotatable bonds is 18. The molecule has 0 saturated carbocycles. The van der Waals surface area contributed by atoms with Gasteiger partial charge in [0.25, 0.3) is 0 Å². The van der Waals surface area contributed by atoms with Crippen molar-refractivity contribution in [2.75, 3.05) is 6.61 Å². The maximum atomic E-state index is 6.55. The number of ether oxygens (including phenoxy) is 1. The number of allylic oxidation sites excluding steroid dienone is 4. The van der Waals surface area contributed by atoms with Gasteiger partial charge in [-0.25, -0.2) is 0 Å². The molecule has 0 bridgehead atoms. The van der Waals surface area contributed by atoms with E-state index in [1.54, 1.807) is 0 Å². The average Bonchev–Trinajstić information content (AvgIpc) is 3.59. The summed E-state index contributed by atoms with van der Waals surface area (Å²) in [6.07, 6.45) is 28.9. The summed E-state index contributed by atoms with van der Waals surface area (Å²) in [6, 6.07) is 0. The lowest BCUT2D eigenvalue weighted by atomic mass is 9.99. The van der Waals surface area contributed by atoms with Crippen molar-refractivity contribution in [2.24, 2.45) is 11.8 Å². The van der Waals surface area contributed by atoms with Gasteiger partial charge in [-0.15, -0.1) is 0 Å². The molecule has 2 nitrogen and oxygen atoms in total. The monoisotopic (exact) mass is 593 g/mol. The normalized spacial score (nSPS) is 21.1. The number of hydrogen-bond donors (Lipinski definition) is 0. The Labute approximate surface area is 255 Å². The molecule has 0 saturated heterocycles. The van der Waals surface area contributed by atoms with Gasteiger partial charge in [0.05, 0.1) is 6.10 Å². The summed E-state index contributed by atoms with van der Waals surface area (Å²) in [5.74, 6) is 1.75. The predicted octanol–water partition coefficient (Wildman–Crippen LogP) is 11.9. The first-order chi connectivity index (χ1) is 18.7. The van der Waals surface area contributed by atoms with Crippen LogP contribution in [0, 0.1) is 11.8 Å². The minimum absolute atomic E-state index is 0.328. The minimum atomic E-state index is -1.59. The highest BCUT2D eigenvalue weighted by Gasteiger charge is 2.38. The number of unbranched alkanes of at least 4 members (excludes halogenated alkanes) is 2. The van der Waals surface area contributed by atoms with E-state index in [4.69, 9.17) is 9.16 Å². The van der Waals surface area contributed by atoms with Crippen molar-refractivity contribution in [1.82, 2.24) is 0 Å². The third-order valence-corrected chi connectivity index (χ3v) is 18.2. The molecule has 0 aliphatic heterocycles. The van der Waals surface area contributed by atoms with Crippen molar-refractivity contribution in [1.29, 1.82) is 0 Å². The Balaban J connectivity index is 0.000000400. The first-order valence-electron chi connectivity index (χ1n) is 17.3. The van der Waals surface area contributed by atoms with E-state index in [9.17, 15) is 0 Å². The van der Waals surface area contributed by atoms with Crippen molar-refractivity contribution < 1.29 is 9.16 Å². The lowest BCUT2D eigenvalue weighted by molar-refractivity contribution is 0.0295. The van der Waals surface area contributed by atoms with E-state index in [2.05, 4.69) is 99.0 Å². The zero-order valence-electron chi connectivity index (χ0n) is 29.1. The lowest BCUT2D eigenvalue weighted by Gasteiger charge is -2.39. The van der Waals surface area contributed by atoms with Crippen molar-refractivity contribution >= 4 is 17.1 Å². The molecule has 4 unspecified atom stereocenters. The van der Waals surface area contributed by atoms with Crippen LogP contribution >= 0.6 is 0 Å². The lowest BCUT2D eigenvalue weighted by Crippen LogP contribution is -2.43. The highest BCUT2D eigenvalue weighted by molar-refractivity contribution is 6.74. The highest BCUT2D eigenvalue weighted by atomic mass is 28.4. The second-order valence-corrected chi connectivity index (χ2v) is 24.1. The second kappa shape index (κ2) is 19.2. The molecule has 4 atom stereocenters. The van der Waals surface area contributed by atoms with Crippen molar-refractivity contribution in [3.05, 3.63) is 24.3 Å². The third-order valence-electron chi connectivity index (χ3n) is 10.4. The molecule has 0 aromatic rings. The van der Waals surface area contributed by atoms with Gasteiger partial charge in [-0.3, -0.25) is 0 Å². The molecule has 0 N–H and O–H groups in total. The smallest absolute Gasteiger partial charge is 0.192 e. The van der Waals surface area contributed by atoms with Crippen LogP contribution in [0.3, 0.4) is 0 Å². The molecular formula is C36H72O2Si2. The Bertz CT molecular complexity index is 701. The minimum Gasteiger partial charge on any atom is -0.414 e. The largest absolute Gasteiger partial charge is 0.414 e. The molecule has 0 fully saturated rings. The Morgan fingerprint density at radius 1 is 0.775 bits per heavy atom. The zero-order valence-corrected chi connectivity index (χ0v) is 31.3. The first kappa shape index (κ1) is 37.9. The standard InChI is InChI=1S/2C18H36OSi/c1-7-17(19-20(5,6)18(2,3)4)15-11-10-14-16-12-8-9-13-16;1-6-17(19-15-18(2,3)20(4)5)14-10-9-13-16-11-7-8-12-16/h8,12,16-17H,7,9-11,13-15H2,1-6H3;7,11,16-17,20H,6,8-10,12-15H2,1-5H3. The molecule has 0 amide bonds. The molecule has 4 heteroatoms. The SMILES string of the molecule is CCC(CCCCC1C=CCC1)OCC(C)(C)[SiH](C)C.CCC(CCCCC1C=CCC1)O[Si](C)(C)C(C)(C)C. The van der Waals surface area contributed by atoms with E-state index in [0.29, 0.717) is 22.3 Å². The van der Waals surface area contributed by atoms with Crippen molar-refractivity contribution in [3.63, 3.8) is 0 Å². The van der Waals surface area contributed by atoms with Crippen LogP contribution in [-0.4, -0.2) is 35.9 Å². The van der Waals surface area contributed by atoms with E-state index < -0.39 is 17.1 Å². The van der Waals surface area contributed by atoms with Gasteiger partial charge < -0.3 is 9.16 Å². The van der Waals surface area contributed by atoms with Crippen molar-refractivity contribution in [3.8, 4) is 0 Å². The molecule has 0 aromatic heterocycles. The summed E-state index contributed by atoms with van der Waals surface area (Å²) in [6.45, 7) is 26.9. The van der Waals surface area contributed by atoms with Crippen LogP contribution in [0.4, 0.5) is 0 Å². The summed E-state index contributed by atoms with van der Waals surface area (Å²) < 4.78 is 12.8. The molecule has 0 spiro atoms. The van der Waals surface area contributed by atoms with E-state index >= 15 is 0 Å². The van der Waals surface area contributed by atoms with Gasteiger partial charge in [0.1, 0.15) is 0 Å². The van der Waals surface area contributed by atoms with Crippen LogP contribution in [0.1, 0.15) is 138 Å². The molecule has 2 aliphatic carbocycles. The molecule has 0 radical (unpaired) electrons. The van der Waals surface area contributed by atoms with Gasteiger partial charge in [0, 0.05) is 21.5 Å². The Morgan fingerprint density at radius 3 is 1.62 bits per heavy atom. The first-order valence-corrected chi connectivity index (χ1v) is 23.1. The summed E-state index contributed by atoms with van der Waals surface area (Å²) in [5.41, 5.74) is 0. The third kappa shape index (κ3) is 15.3. The van der Waals surface area contributed by atoms with E-state index in [0.717, 1.165) is 24.9 Å². The van der Waals surface area contributed by atoms with E-state index in [1.807, 2.05) is 0 Å². The van der Waals surface area contributed by atoms with Gasteiger partial charge in [-0.2, -0.15) is 0 Å². The van der Waals surface area contributed by atoms with Gasteiger partial charge >= 0.3 is 0 Å². The van der Waals surface area contributed by atoms with Crippen LogP contribution in [0.2, 0.25) is 36.3 Å². The molecule has 2 rings (SSSR count). The molecule has 236 valence electrons. The molecule has 2 aliphatic rings. The van der Waals surface area contributed by atoms with E-state index in [-0.39, 0.29) is 0 Å². The Morgan fingerprint density at radius 2 is 1.25 bits per heavy atom. The summed E-state index contributed by atoms with van der Waals surface area (Å²) >= 11 is 0. The van der Waals surface area contributed by atoms with E-state index in [1.165, 1.54) is 83.5 Å². The maximum Gasteiger partial charge on any atom is 0.192 e. The van der Waals surface area contributed by atoms with Crippen LogP contribution < -0.4 is 0 Å². The fourth-order valence-electron chi connectivity index (χ4n) is 5.27. The quantitative estimate of drug-likeness (QED) is 0.0895. The molecule has 0 heterocycles.